The van der Waals surface area contributed by atoms with Gasteiger partial charge in [-0.1, -0.05) is 11.6 Å². The number of rotatable bonds is 7. The van der Waals surface area contributed by atoms with E-state index in [1.807, 2.05) is 0 Å². The molecule has 0 fully saturated rings. The van der Waals surface area contributed by atoms with E-state index in [-0.39, 0.29) is 5.82 Å². The largest absolute Gasteiger partial charge is 0.368 e. The first kappa shape index (κ1) is 16.7. The van der Waals surface area contributed by atoms with Gasteiger partial charge in [0.15, 0.2) is 5.82 Å². The zero-order valence-corrected chi connectivity index (χ0v) is 13.9. The second-order valence-electron chi connectivity index (χ2n) is 5.48. The number of hydrogen-bond donors (Lipinski definition) is 2. The lowest BCUT2D eigenvalue weighted by Gasteiger charge is -2.14. The fraction of sp³-hybridized carbons (Fsp3) is 0.571. The van der Waals surface area contributed by atoms with E-state index in [1.165, 1.54) is 45.4 Å². The highest BCUT2D eigenvalue weighted by Gasteiger charge is 2.13. The first-order chi connectivity index (χ1) is 10.5. The molecule has 22 heavy (non-hydrogen) atoms. The summed E-state index contributed by atoms with van der Waals surface area (Å²) in [6, 6.07) is 3.31. The van der Waals surface area contributed by atoms with Crippen LogP contribution in [0.2, 0.25) is 0 Å². The Bertz CT molecular complexity index is 611. The normalized spacial score (nSPS) is 15.5. The Morgan fingerprint density at radius 3 is 2.50 bits per heavy atom. The van der Waals surface area contributed by atoms with E-state index >= 15 is 0 Å². The minimum atomic E-state index is -3.54. The molecule has 8 heteroatoms. The number of nitrogens with one attached hydrogen (secondary N) is 2. The number of nitrogens with zero attached hydrogens (tertiary/aromatic N) is 3. The highest BCUT2D eigenvalue weighted by atomic mass is 32.2. The maximum atomic E-state index is 11.7. The molecule has 122 valence electrons. The van der Waals surface area contributed by atoms with E-state index in [1.54, 1.807) is 12.1 Å². The van der Waals surface area contributed by atoms with Crippen molar-refractivity contribution < 1.29 is 8.42 Å². The maximum Gasteiger partial charge on any atom is 0.302 e. The van der Waals surface area contributed by atoms with Crippen molar-refractivity contribution in [3.63, 3.8) is 0 Å². The van der Waals surface area contributed by atoms with E-state index in [9.17, 15) is 8.42 Å². The summed E-state index contributed by atoms with van der Waals surface area (Å²) in [6.45, 7) is 0.809. The summed E-state index contributed by atoms with van der Waals surface area (Å²) in [4.78, 5) is 0. The van der Waals surface area contributed by atoms with Crippen molar-refractivity contribution in [1.82, 2.24) is 14.5 Å². The first-order valence-corrected chi connectivity index (χ1v) is 8.87. The molecule has 1 heterocycles. The summed E-state index contributed by atoms with van der Waals surface area (Å²) in [5.41, 5.74) is 1.50. The molecule has 1 aromatic heterocycles. The summed E-state index contributed by atoms with van der Waals surface area (Å²) in [7, 11) is -0.643. The average molecular weight is 325 g/mol. The van der Waals surface area contributed by atoms with E-state index in [2.05, 4.69) is 26.3 Å². The van der Waals surface area contributed by atoms with Gasteiger partial charge in [0.25, 0.3) is 0 Å². The van der Waals surface area contributed by atoms with Crippen molar-refractivity contribution in [2.45, 2.75) is 32.1 Å². The quantitative estimate of drug-likeness (QED) is 0.749. The molecular formula is C14H23N5O2S. The summed E-state index contributed by atoms with van der Waals surface area (Å²) in [5, 5.41) is 11.0. The Labute approximate surface area is 132 Å². The summed E-state index contributed by atoms with van der Waals surface area (Å²) in [6.07, 6.45) is 8.31. The molecule has 0 spiro atoms. The molecule has 0 saturated heterocycles. The smallest absolute Gasteiger partial charge is 0.302 e. The molecule has 1 aliphatic rings. The molecule has 0 unspecified atom stereocenters. The molecule has 0 aliphatic heterocycles. The highest BCUT2D eigenvalue weighted by Crippen LogP contribution is 2.20. The second kappa shape index (κ2) is 7.55. The van der Waals surface area contributed by atoms with Gasteiger partial charge in [-0.05, 0) is 44.2 Å². The predicted octanol–water partition coefficient (Wildman–Crippen LogP) is 2.00. The number of anilines is 2. The van der Waals surface area contributed by atoms with Gasteiger partial charge in [-0.15, -0.1) is 10.2 Å². The van der Waals surface area contributed by atoms with Crippen LogP contribution in [0.3, 0.4) is 0 Å². The highest BCUT2D eigenvalue weighted by molar-refractivity contribution is 7.90. The lowest BCUT2D eigenvalue weighted by Crippen LogP contribution is -2.29. The molecule has 0 radical (unpaired) electrons. The Kier molecular flexibility index (Phi) is 5.73. The molecule has 0 saturated carbocycles. The van der Waals surface area contributed by atoms with Crippen LogP contribution in [-0.2, 0) is 10.2 Å². The minimum absolute atomic E-state index is 0.203. The van der Waals surface area contributed by atoms with Gasteiger partial charge >= 0.3 is 10.2 Å². The molecular weight excluding hydrogens is 302 g/mol. The van der Waals surface area contributed by atoms with Crippen molar-refractivity contribution in [1.29, 1.82) is 0 Å². The van der Waals surface area contributed by atoms with Crippen LogP contribution in [0.25, 0.3) is 0 Å². The van der Waals surface area contributed by atoms with E-state index in [0.717, 1.165) is 17.3 Å². The third-order valence-electron chi connectivity index (χ3n) is 3.52. The van der Waals surface area contributed by atoms with Gasteiger partial charge in [-0.25, -0.2) is 0 Å². The molecule has 2 N–H and O–H groups in total. The standard InChI is InChI=1S/C14H23N5O2S/c1-19(2)22(20,21)18-14-9-8-13(16-17-14)15-11-10-12-6-4-3-5-7-12/h6,8-9H,3-5,7,10-11H2,1-2H3,(H,15,16)(H,17,18). The summed E-state index contributed by atoms with van der Waals surface area (Å²) in [5.74, 6) is 0.846. The van der Waals surface area contributed by atoms with Crippen LogP contribution in [0.1, 0.15) is 32.1 Å². The lowest BCUT2D eigenvalue weighted by molar-refractivity contribution is 0.526. The van der Waals surface area contributed by atoms with Gasteiger partial charge in [0.05, 0.1) is 0 Å². The van der Waals surface area contributed by atoms with Crippen molar-refractivity contribution in [3.05, 3.63) is 23.8 Å². The third kappa shape index (κ3) is 4.96. The zero-order chi connectivity index (χ0) is 16.0. The third-order valence-corrected chi connectivity index (χ3v) is 4.94. The Hall–Kier alpha value is -1.67. The van der Waals surface area contributed by atoms with Crippen LogP contribution in [0, 0.1) is 0 Å². The Morgan fingerprint density at radius 2 is 1.91 bits per heavy atom. The van der Waals surface area contributed by atoms with Gasteiger partial charge in [-0.3, -0.25) is 4.72 Å². The van der Waals surface area contributed by atoms with E-state index in [4.69, 9.17) is 0 Å². The molecule has 0 bridgehead atoms. The van der Waals surface area contributed by atoms with E-state index < -0.39 is 10.2 Å². The van der Waals surface area contributed by atoms with Crippen LogP contribution in [0.15, 0.2) is 23.8 Å². The Morgan fingerprint density at radius 1 is 1.18 bits per heavy atom. The molecule has 1 aliphatic carbocycles. The van der Waals surface area contributed by atoms with Crippen LogP contribution < -0.4 is 10.0 Å². The van der Waals surface area contributed by atoms with E-state index in [0.29, 0.717) is 5.82 Å². The number of hydrogen-bond acceptors (Lipinski definition) is 5. The van der Waals surface area contributed by atoms with Crippen LogP contribution in [-0.4, -0.2) is 43.6 Å². The summed E-state index contributed by atoms with van der Waals surface area (Å²) >= 11 is 0. The molecule has 7 nitrogen and oxygen atoms in total. The summed E-state index contributed by atoms with van der Waals surface area (Å²) < 4.78 is 26.7. The second-order valence-corrected chi connectivity index (χ2v) is 7.36. The van der Waals surface area contributed by atoms with Crippen molar-refractivity contribution in [2.75, 3.05) is 30.7 Å². The van der Waals surface area contributed by atoms with Gasteiger partial charge in [-0.2, -0.15) is 12.7 Å². The number of allylic oxidation sites excluding steroid dienone is 1. The zero-order valence-electron chi connectivity index (χ0n) is 13.0. The SMILES string of the molecule is CN(C)S(=O)(=O)Nc1ccc(NCCC2=CCCCC2)nn1. The maximum absolute atomic E-state index is 11.7. The van der Waals surface area contributed by atoms with Gasteiger partial charge < -0.3 is 5.32 Å². The van der Waals surface area contributed by atoms with Crippen LogP contribution >= 0.6 is 0 Å². The average Bonchev–Trinajstić information content (AvgIpc) is 2.50. The minimum Gasteiger partial charge on any atom is -0.368 e. The fourth-order valence-electron chi connectivity index (χ4n) is 2.19. The molecule has 2 rings (SSSR count). The first-order valence-electron chi connectivity index (χ1n) is 7.43. The van der Waals surface area contributed by atoms with Gasteiger partial charge in [0, 0.05) is 20.6 Å². The molecule has 1 aromatic rings. The molecule has 0 atom stereocenters. The van der Waals surface area contributed by atoms with Crippen molar-refractivity contribution in [3.8, 4) is 0 Å². The topological polar surface area (TPSA) is 87.2 Å². The monoisotopic (exact) mass is 325 g/mol. The number of aromatic nitrogens is 2. The van der Waals surface area contributed by atoms with Gasteiger partial charge in [0.2, 0.25) is 0 Å². The van der Waals surface area contributed by atoms with Crippen LogP contribution in [0.5, 0.6) is 0 Å². The van der Waals surface area contributed by atoms with Crippen LogP contribution in [0.4, 0.5) is 11.6 Å². The Balaban J connectivity index is 1.83. The lowest BCUT2D eigenvalue weighted by atomic mass is 9.97. The van der Waals surface area contributed by atoms with Gasteiger partial charge in [0.1, 0.15) is 5.82 Å². The predicted molar refractivity (Wildman–Crippen MR) is 87.9 cm³/mol. The van der Waals surface area contributed by atoms with Crippen molar-refractivity contribution in [2.24, 2.45) is 0 Å². The van der Waals surface area contributed by atoms with Crippen molar-refractivity contribution >= 4 is 21.8 Å². The fourth-order valence-corrected chi connectivity index (χ4v) is 2.74. The molecule has 0 aromatic carbocycles. The molecule has 0 amide bonds.